The van der Waals surface area contributed by atoms with Crippen LogP contribution in [0.4, 0.5) is 8.78 Å². The summed E-state index contributed by atoms with van der Waals surface area (Å²) in [5, 5.41) is 8.84. The molecule has 5 N–H and O–H groups in total. The van der Waals surface area contributed by atoms with E-state index in [1.807, 2.05) is 47.2 Å². The number of carbonyl (C=O) groups excluding carboxylic acids is 4. The van der Waals surface area contributed by atoms with E-state index >= 15 is 0 Å². The molecule has 1 aromatic heterocycles. The van der Waals surface area contributed by atoms with Gasteiger partial charge in [-0.05, 0) is 55.1 Å². The van der Waals surface area contributed by atoms with Gasteiger partial charge in [0.05, 0.1) is 12.1 Å². The van der Waals surface area contributed by atoms with E-state index in [1.165, 1.54) is 13.0 Å². The van der Waals surface area contributed by atoms with E-state index < -0.39 is 47.3 Å². The van der Waals surface area contributed by atoms with E-state index in [-0.39, 0.29) is 30.1 Å². The number of aromatic nitrogens is 1. The van der Waals surface area contributed by atoms with Crippen molar-refractivity contribution in [3.05, 3.63) is 95.8 Å². The summed E-state index contributed by atoms with van der Waals surface area (Å²) in [6, 6.07) is 13.0. The van der Waals surface area contributed by atoms with Gasteiger partial charge in [-0.3, -0.25) is 24.1 Å². The molecule has 10 nitrogen and oxygen atoms in total. The minimum Gasteiger partial charge on any atom is -0.353 e. The molecule has 1 aliphatic rings. The Labute approximate surface area is 273 Å². The average Bonchev–Trinajstić information content (AvgIpc) is 3.59. The maximum Gasteiger partial charge on any atom is 0.254 e. The largest absolute Gasteiger partial charge is 0.353 e. The molecule has 4 rings (SSSR count). The van der Waals surface area contributed by atoms with Gasteiger partial charge in [0.25, 0.3) is 11.8 Å². The zero-order valence-corrected chi connectivity index (χ0v) is 27.1. The van der Waals surface area contributed by atoms with Crippen molar-refractivity contribution in [2.75, 3.05) is 19.6 Å². The number of hydrogen-bond donors (Lipinski definition) is 4. The molecule has 0 unspecified atom stereocenters. The number of carbonyl (C=O) groups is 4. The smallest absolute Gasteiger partial charge is 0.254 e. The predicted molar refractivity (Wildman–Crippen MR) is 175 cm³/mol. The summed E-state index contributed by atoms with van der Waals surface area (Å²) < 4.78 is 31.0. The third-order valence-corrected chi connectivity index (χ3v) is 8.00. The zero-order chi connectivity index (χ0) is 34.3. The first-order valence-electron chi connectivity index (χ1n) is 15.5. The third-order valence-electron chi connectivity index (χ3n) is 8.00. The highest BCUT2D eigenvalue weighted by atomic mass is 19.1. The highest BCUT2D eigenvalue weighted by Crippen LogP contribution is 2.37. The molecule has 2 heterocycles. The molecule has 3 aromatic rings. The van der Waals surface area contributed by atoms with Gasteiger partial charge in [0, 0.05) is 54.8 Å². The number of nitrogens with one attached hydrogen (secondary N) is 3. The molecule has 3 atom stereocenters. The van der Waals surface area contributed by atoms with Gasteiger partial charge < -0.3 is 26.3 Å². The lowest BCUT2D eigenvalue weighted by molar-refractivity contribution is -0.144. The van der Waals surface area contributed by atoms with Crippen LogP contribution in [0, 0.1) is 17.0 Å². The predicted octanol–water partition coefficient (Wildman–Crippen LogP) is 3.42. The second kappa shape index (κ2) is 15.3. The van der Waals surface area contributed by atoms with Gasteiger partial charge in [-0.2, -0.15) is 0 Å². The Hall–Kier alpha value is -4.68. The molecule has 0 saturated heterocycles. The van der Waals surface area contributed by atoms with Crippen LogP contribution in [0.3, 0.4) is 0 Å². The quantitative estimate of drug-likeness (QED) is 0.156. The van der Waals surface area contributed by atoms with Crippen LogP contribution >= 0.6 is 0 Å². The van der Waals surface area contributed by atoms with Crippen LogP contribution in [0.5, 0.6) is 0 Å². The van der Waals surface area contributed by atoms with Gasteiger partial charge in [0.1, 0.15) is 17.7 Å². The molecular formula is C35H42F2N6O4. The van der Waals surface area contributed by atoms with Gasteiger partial charge in [0.2, 0.25) is 11.8 Å². The van der Waals surface area contributed by atoms with Crippen molar-refractivity contribution < 1.29 is 28.0 Å². The van der Waals surface area contributed by atoms with Crippen LogP contribution in [0.15, 0.2) is 72.9 Å². The van der Waals surface area contributed by atoms with Gasteiger partial charge in [-0.1, -0.05) is 51.1 Å². The average molecular weight is 649 g/mol. The van der Waals surface area contributed by atoms with Gasteiger partial charge in [-0.25, -0.2) is 8.78 Å². The molecule has 47 heavy (non-hydrogen) atoms. The Balaban J connectivity index is 1.37. The van der Waals surface area contributed by atoms with Crippen molar-refractivity contribution in [3.63, 3.8) is 0 Å². The van der Waals surface area contributed by atoms with Crippen LogP contribution in [-0.2, 0) is 25.7 Å². The van der Waals surface area contributed by atoms with Crippen LogP contribution < -0.4 is 21.7 Å². The Morgan fingerprint density at radius 2 is 1.53 bits per heavy atom. The number of halogens is 2. The molecule has 0 fully saturated rings. The maximum atomic E-state index is 14.8. The lowest BCUT2D eigenvalue weighted by atomic mass is 9.84. The summed E-state index contributed by atoms with van der Waals surface area (Å²) in [6.07, 6.45) is 4.36. The SMILES string of the molecule is C[C@H](C(=O)NCCNC(=O)[C@@H](N)CCN[C@@H](c1cc(-c2cc(F)ccc2F)cn1Cc1ccccc1)C(C)(C)C)N1C(=O)C=CC1=O. The fourth-order valence-electron chi connectivity index (χ4n) is 5.48. The van der Waals surface area contributed by atoms with E-state index in [0.29, 0.717) is 25.1 Å². The minimum absolute atomic E-state index is 0.0856. The molecule has 0 bridgehead atoms. The van der Waals surface area contributed by atoms with Crippen molar-refractivity contribution in [1.82, 2.24) is 25.4 Å². The highest BCUT2D eigenvalue weighted by molar-refractivity contribution is 6.15. The van der Waals surface area contributed by atoms with Crippen molar-refractivity contribution >= 4 is 23.6 Å². The van der Waals surface area contributed by atoms with Crippen molar-refractivity contribution in [3.8, 4) is 11.1 Å². The molecule has 2 aromatic carbocycles. The summed E-state index contributed by atoms with van der Waals surface area (Å²) in [6.45, 7) is 8.75. The van der Waals surface area contributed by atoms with Crippen molar-refractivity contribution in [2.45, 2.75) is 58.8 Å². The van der Waals surface area contributed by atoms with E-state index in [9.17, 15) is 28.0 Å². The number of nitrogens with two attached hydrogens (primary N) is 1. The Bertz CT molecular complexity index is 1610. The molecule has 12 heteroatoms. The van der Waals surface area contributed by atoms with E-state index in [4.69, 9.17) is 5.73 Å². The van der Waals surface area contributed by atoms with Crippen LogP contribution in [0.2, 0.25) is 0 Å². The minimum atomic E-state index is -0.984. The molecular weight excluding hydrogens is 606 g/mol. The summed E-state index contributed by atoms with van der Waals surface area (Å²) >= 11 is 0. The first-order valence-corrected chi connectivity index (χ1v) is 15.5. The lowest BCUT2D eigenvalue weighted by Crippen LogP contribution is -2.50. The van der Waals surface area contributed by atoms with E-state index in [2.05, 4.69) is 36.7 Å². The summed E-state index contributed by atoms with van der Waals surface area (Å²) in [5.74, 6) is -3.07. The standard InChI is InChI=1S/C35H42F2N6O4/c1-22(43-30(44)12-13-31(43)45)33(46)40-16-17-41-34(47)28(38)14-15-39-32(35(2,3)4)29-18-24(26-19-25(36)10-11-27(26)37)21-42(29)20-23-8-6-5-7-9-23/h5-13,18-19,21-22,28,32,39H,14-17,20,38H2,1-4H3,(H,40,46)(H,41,47)/t22-,28+,32+/m1/s1. The monoisotopic (exact) mass is 648 g/mol. The van der Waals surface area contributed by atoms with E-state index in [0.717, 1.165) is 40.4 Å². The second-order valence-corrected chi connectivity index (χ2v) is 12.7. The van der Waals surface area contributed by atoms with Gasteiger partial charge in [0.15, 0.2) is 0 Å². The topological polar surface area (TPSA) is 139 Å². The van der Waals surface area contributed by atoms with Gasteiger partial charge in [-0.15, -0.1) is 0 Å². The number of amides is 4. The van der Waals surface area contributed by atoms with Crippen LogP contribution in [0.1, 0.15) is 51.4 Å². The summed E-state index contributed by atoms with van der Waals surface area (Å²) in [5.41, 5.74) is 8.51. The third kappa shape index (κ3) is 8.99. The summed E-state index contributed by atoms with van der Waals surface area (Å²) in [7, 11) is 0. The highest BCUT2D eigenvalue weighted by Gasteiger charge is 2.33. The first kappa shape index (κ1) is 35.2. The number of hydrogen-bond acceptors (Lipinski definition) is 6. The number of benzene rings is 2. The van der Waals surface area contributed by atoms with Crippen LogP contribution in [0.25, 0.3) is 11.1 Å². The summed E-state index contributed by atoms with van der Waals surface area (Å²) in [4.78, 5) is 49.5. The molecule has 1 aliphatic heterocycles. The molecule has 4 amide bonds. The van der Waals surface area contributed by atoms with Crippen molar-refractivity contribution in [1.29, 1.82) is 0 Å². The number of rotatable bonds is 14. The normalized spacial score (nSPS) is 15.1. The molecule has 250 valence electrons. The Morgan fingerprint density at radius 3 is 2.17 bits per heavy atom. The number of imide groups is 1. The fourth-order valence-corrected chi connectivity index (χ4v) is 5.48. The van der Waals surface area contributed by atoms with Crippen molar-refractivity contribution in [2.24, 2.45) is 11.1 Å². The Kier molecular flexibility index (Phi) is 11.4. The fraction of sp³-hybridized carbons (Fsp3) is 0.371. The first-order chi connectivity index (χ1) is 22.3. The number of nitrogens with zero attached hydrogens (tertiary/aromatic N) is 2. The van der Waals surface area contributed by atoms with Crippen LogP contribution in [-0.4, -0.2) is 64.8 Å². The zero-order valence-electron chi connectivity index (χ0n) is 27.1. The maximum absolute atomic E-state index is 14.8. The molecule has 0 aliphatic carbocycles. The molecule has 0 radical (unpaired) electrons. The Morgan fingerprint density at radius 1 is 0.894 bits per heavy atom. The van der Waals surface area contributed by atoms with Gasteiger partial charge >= 0.3 is 0 Å². The molecule has 0 spiro atoms. The molecule has 0 saturated carbocycles. The second-order valence-electron chi connectivity index (χ2n) is 12.7. The van der Waals surface area contributed by atoms with E-state index in [1.54, 1.807) is 0 Å². The lowest BCUT2D eigenvalue weighted by Gasteiger charge is -2.33.